The van der Waals surface area contributed by atoms with Crippen LogP contribution in [0.25, 0.3) is 0 Å². The number of anilines is 1. The number of hydrogen-bond acceptors (Lipinski definition) is 10. The van der Waals surface area contributed by atoms with E-state index in [2.05, 4.69) is 9.36 Å². The first-order chi connectivity index (χ1) is 23.7. The fourth-order valence-electron chi connectivity index (χ4n) is 5.65. The van der Waals surface area contributed by atoms with Crippen LogP contribution in [0.3, 0.4) is 0 Å². The first-order valence-electron chi connectivity index (χ1n) is 15.6. The molecule has 1 amide bonds. The maximum absolute atomic E-state index is 15.8. The van der Waals surface area contributed by atoms with E-state index in [1.165, 1.54) is 14.2 Å². The van der Waals surface area contributed by atoms with E-state index in [9.17, 15) is 13.2 Å². The van der Waals surface area contributed by atoms with Crippen molar-refractivity contribution in [2.45, 2.75) is 50.2 Å². The maximum Gasteiger partial charge on any atom is 0.410 e. The number of aromatic nitrogens is 2. The molecule has 1 aliphatic heterocycles. The van der Waals surface area contributed by atoms with Crippen molar-refractivity contribution in [3.63, 3.8) is 0 Å². The molecule has 0 aliphatic carbocycles. The molecule has 0 N–H and O–H groups in total. The van der Waals surface area contributed by atoms with Gasteiger partial charge in [0.05, 0.1) is 27.4 Å². The summed E-state index contributed by atoms with van der Waals surface area (Å²) in [5.74, 6) is -2.47. The lowest BCUT2D eigenvalue weighted by atomic mass is 9.81. The molecule has 2 atom stereocenters. The zero-order valence-electron chi connectivity index (χ0n) is 28.1. The van der Waals surface area contributed by atoms with Crippen LogP contribution in [-0.4, -0.2) is 68.3 Å². The number of nitrogens with zero attached hydrogens (tertiary/aromatic N) is 4. The topological polar surface area (TPSA) is 120 Å². The molecule has 50 heavy (non-hydrogen) atoms. The predicted octanol–water partition coefficient (Wildman–Crippen LogP) is 7.30. The molecule has 1 fully saturated rings. The van der Waals surface area contributed by atoms with E-state index >= 15 is 8.78 Å². The lowest BCUT2D eigenvalue weighted by molar-refractivity contribution is 0.0110. The minimum Gasteiger partial charge on any atom is -0.497 e. The van der Waals surface area contributed by atoms with Gasteiger partial charge < -0.3 is 23.8 Å². The summed E-state index contributed by atoms with van der Waals surface area (Å²) in [5, 5.41) is 0.497. The van der Waals surface area contributed by atoms with Crippen LogP contribution in [0, 0.1) is 17.6 Å². The van der Waals surface area contributed by atoms with Gasteiger partial charge in [0.2, 0.25) is 5.13 Å². The number of rotatable bonds is 11. The van der Waals surface area contributed by atoms with Crippen molar-refractivity contribution >= 4 is 44.4 Å². The fraction of sp³-hybridized carbons (Fsp3) is 0.382. The van der Waals surface area contributed by atoms with E-state index in [-0.39, 0.29) is 36.7 Å². The number of ether oxygens (including phenoxy) is 4. The summed E-state index contributed by atoms with van der Waals surface area (Å²) in [4.78, 5) is 17.6. The molecule has 0 unspecified atom stereocenters. The molecule has 1 saturated heterocycles. The summed E-state index contributed by atoms with van der Waals surface area (Å²) < 4.78 is 86.2. The number of likely N-dealkylation sites (tertiary alicyclic amines) is 1. The molecule has 1 aliphatic rings. The van der Waals surface area contributed by atoms with Gasteiger partial charge in [-0.3, -0.25) is 0 Å². The van der Waals surface area contributed by atoms with E-state index < -0.39 is 44.0 Å². The monoisotopic (exact) mass is 750 g/mol. The lowest BCUT2D eigenvalue weighted by Gasteiger charge is -2.39. The number of halogens is 3. The average molecular weight is 751 g/mol. The van der Waals surface area contributed by atoms with Gasteiger partial charge in [-0.1, -0.05) is 23.7 Å². The Labute approximate surface area is 298 Å². The van der Waals surface area contributed by atoms with E-state index in [4.69, 9.17) is 30.5 Å². The molecular formula is C34H37ClF2N4O7S2. The van der Waals surface area contributed by atoms with Crippen molar-refractivity contribution < 1.29 is 40.9 Å². The quantitative estimate of drug-likeness (QED) is 0.156. The van der Waals surface area contributed by atoms with Crippen LogP contribution >= 0.6 is 23.1 Å². The van der Waals surface area contributed by atoms with Crippen molar-refractivity contribution in [2.75, 3.05) is 38.2 Å². The molecule has 0 spiro atoms. The molecule has 4 aromatic rings. The molecule has 2 heterocycles. The zero-order valence-corrected chi connectivity index (χ0v) is 30.4. The van der Waals surface area contributed by atoms with Crippen molar-refractivity contribution in [1.82, 2.24) is 14.3 Å². The van der Waals surface area contributed by atoms with Crippen LogP contribution < -0.4 is 18.5 Å². The van der Waals surface area contributed by atoms with Gasteiger partial charge in [-0.15, -0.1) is 0 Å². The standard InChI is InChI=1S/C34H37ClF2N4O7S2/c1-34(2,3)48-33(42)40-13-12-26(21-6-9-24(35)10-7-21)23(17-40)19-47-30-15-28(37)31(16-27(30)36)50(43,44)41(32-38-20-39-49-32)18-22-8-11-25(45-4)14-29(22)46-5/h6-11,14-16,20,23,26H,12-13,17-19H2,1-5H3/t23-,26-/m1/s1. The van der Waals surface area contributed by atoms with Crippen LogP contribution in [0.1, 0.15) is 44.2 Å². The molecule has 11 nitrogen and oxygen atoms in total. The Morgan fingerprint density at radius 3 is 2.42 bits per heavy atom. The molecule has 0 radical (unpaired) electrons. The number of carbonyl (C=O) groups excluding carboxylic acids is 1. The smallest absolute Gasteiger partial charge is 0.410 e. The molecule has 268 valence electrons. The summed E-state index contributed by atoms with van der Waals surface area (Å²) in [7, 11) is -1.85. The van der Waals surface area contributed by atoms with E-state index in [0.717, 1.165) is 27.7 Å². The number of methoxy groups -OCH3 is 2. The van der Waals surface area contributed by atoms with Gasteiger partial charge in [0.1, 0.15) is 34.1 Å². The Morgan fingerprint density at radius 2 is 1.78 bits per heavy atom. The van der Waals surface area contributed by atoms with E-state index in [1.807, 2.05) is 12.1 Å². The van der Waals surface area contributed by atoms with Gasteiger partial charge in [0.25, 0.3) is 10.0 Å². The number of hydrogen-bond donors (Lipinski definition) is 0. The van der Waals surface area contributed by atoms with Gasteiger partial charge >= 0.3 is 6.09 Å². The van der Waals surface area contributed by atoms with Gasteiger partial charge in [0, 0.05) is 59.3 Å². The average Bonchev–Trinajstić information content (AvgIpc) is 3.61. The second-order valence-electron chi connectivity index (χ2n) is 12.6. The van der Waals surface area contributed by atoms with Crippen LogP contribution in [0.15, 0.2) is 65.8 Å². The number of amides is 1. The highest BCUT2D eigenvalue weighted by atomic mass is 35.5. The fourth-order valence-corrected chi connectivity index (χ4v) is 7.96. The van der Waals surface area contributed by atoms with Crippen LogP contribution in [0.5, 0.6) is 17.2 Å². The summed E-state index contributed by atoms with van der Waals surface area (Å²) >= 11 is 6.88. The van der Waals surface area contributed by atoms with Crippen molar-refractivity contribution in [3.05, 3.63) is 88.7 Å². The SMILES string of the molecule is COc1ccc(CN(c2ncns2)S(=O)(=O)c2cc(F)c(OC[C@H]3CN(C(=O)OC(C)(C)C)CC[C@@H]3c3ccc(Cl)cc3)cc2F)c(OC)c1. The lowest BCUT2D eigenvalue weighted by Crippen LogP contribution is -2.46. The van der Waals surface area contributed by atoms with Crippen LogP contribution in [0.2, 0.25) is 5.02 Å². The molecule has 3 aromatic carbocycles. The van der Waals surface area contributed by atoms with Crippen molar-refractivity contribution in [2.24, 2.45) is 5.92 Å². The largest absolute Gasteiger partial charge is 0.497 e. The Kier molecular flexibility index (Phi) is 11.4. The number of piperidine rings is 1. The molecule has 16 heteroatoms. The zero-order chi connectivity index (χ0) is 36.2. The molecular weight excluding hydrogens is 714 g/mol. The van der Waals surface area contributed by atoms with Crippen molar-refractivity contribution in [1.29, 1.82) is 0 Å². The normalized spacial score (nSPS) is 16.5. The minimum absolute atomic E-state index is 0.0666. The third kappa shape index (κ3) is 8.56. The predicted molar refractivity (Wildman–Crippen MR) is 185 cm³/mol. The maximum atomic E-state index is 15.8. The second-order valence-corrected chi connectivity index (χ2v) is 15.6. The summed E-state index contributed by atoms with van der Waals surface area (Å²) in [6.45, 7) is 5.53. The first kappa shape index (κ1) is 37.1. The summed E-state index contributed by atoms with van der Waals surface area (Å²) in [6.07, 6.45) is 1.23. The van der Waals surface area contributed by atoms with E-state index in [1.54, 1.807) is 56.0 Å². The molecule has 0 bridgehead atoms. The van der Waals surface area contributed by atoms with Gasteiger partial charge in [-0.05, 0) is 62.9 Å². The number of carbonyl (C=O) groups is 1. The highest BCUT2D eigenvalue weighted by Crippen LogP contribution is 2.37. The van der Waals surface area contributed by atoms with Crippen molar-refractivity contribution in [3.8, 4) is 17.2 Å². The third-order valence-electron chi connectivity index (χ3n) is 8.06. The highest BCUT2D eigenvalue weighted by molar-refractivity contribution is 7.93. The van der Waals surface area contributed by atoms with E-state index in [0.29, 0.717) is 47.2 Å². The number of sulfonamides is 1. The summed E-state index contributed by atoms with van der Waals surface area (Å²) in [5.41, 5.74) is 0.659. The van der Waals surface area contributed by atoms with Crippen LogP contribution in [0.4, 0.5) is 18.7 Å². The van der Waals surface area contributed by atoms with Gasteiger partial charge in [-0.25, -0.2) is 31.3 Å². The Morgan fingerprint density at radius 1 is 1.04 bits per heavy atom. The molecule has 0 saturated carbocycles. The minimum atomic E-state index is -4.73. The Balaban J connectivity index is 1.41. The molecule has 1 aromatic heterocycles. The van der Waals surface area contributed by atoms with Crippen LogP contribution in [-0.2, 0) is 21.3 Å². The first-order valence-corrected chi connectivity index (χ1v) is 18.1. The highest BCUT2D eigenvalue weighted by Gasteiger charge is 2.36. The second kappa shape index (κ2) is 15.4. The Bertz CT molecular complexity index is 1910. The Hall–Kier alpha value is -4.21. The molecule has 5 rings (SSSR count). The number of benzene rings is 3. The van der Waals surface area contributed by atoms with Gasteiger partial charge in [-0.2, -0.15) is 4.37 Å². The third-order valence-corrected chi connectivity index (χ3v) is 10.9. The van der Waals surface area contributed by atoms with Gasteiger partial charge in [0.15, 0.2) is 11.6 Å². The summed E-state index contributed by atoms with van der Waals surface area (Å²) in [6, 6.07) is 13.4.